The van der Waals surface area contributed by atoms with E-state index >= 15 is 0 Å². The van der Waals surface area contributed by atoms with E-state index in [9.17, 15) is 14.9 Å². The van der Waals surface area contributed by atoms with Gasteiger partial charge in [0.25, 0.3) is 17.2 Å². The Bertz CT molecular complexity index is 836. The summed E-state index contributed by atoms with van der Waals surface area (Å²) in [7, 11) is 0. The number of hydrogen-bond donors (Lipinski definition) is 1. The zero-order chi connectivity index (χ0) is 14.8. The minimum atomic E-state index is -0.477. The van der Waals surface area contributed by atoms with Gasteiger partial charge in [0.1, 0.15) is 0 Å². The Balaban J connectivity index is 2.01. The van der Waals surface area contributed by atoms with Crippen molar-refractivity contribution in [1.29, 1.82) is 0 Å². The fourth-order valence-electron chi connectivity index (χ4n) is 1.86. The monoisotopic (exact) mass is 283 g/mol. The van der Waals surface area contributed by atoms with E-state index in [1.54, 1.807) is 18.2 Å². The van der Waals surface area contributed by atoms with Crippen LogP contribution in [0.15, 0.2) is 53.6 Å². The van der Waals surface area contributed by atoms with E-state index < -0.39 is 4.92 Å². The highest BCUT2D eigenvalue weighted by Crippen LogP contribution is 2.19. The second-order valence-electron chi connectivity index (χ2n) is 4.20. The third-order valence-electron chi connectivity index (χ3n) is 2.86. The molecule has 0 saturated carbocycles. The maximum atomic E-state index is 11.9. The summed E-state index contributed by atoms with van der Waals surface area (Å²) in [5.74, 6) is 0.232. The Morgan fingerprint density at radius 3 is 2.43 bits per heavy atom. The van der Waals surface area contributed by atoms with Crippen LogP contribution >= 0.6 is 0 Å². The van der Waals surface area contributed by atoms with Crippen molar-refractivity contribution in [2.45, 2.75) is 0 Å². The van der Waals surface area contributed by atoms with Gasteiger partial charge in [-0.05, 0) is 18.2 Å². The van der Waals surface area contributed by atoms with Crippen LogP contribution in [0, 0.1) is 10.1 Å². The zero-order valence-electron chi connectivity index (χ0n) is 10.6. The van der Waals surface area contributed by atoms with Crippen molar-refractivity contribution in [2.75, 3.05) is 0 Å². The van der Waals surface area contributed by atoms with E-state index in [1.807, 2.05) is 0 Å². The predicted molar refractivity (Wildman–Crippen MR) is 74.1 cm³/mol. The first-order valence-electron chi connectivity index (χ1n) is 5.99. The molecule has 3 aromatic rings. The smallest absolute Gasteiger partial charge is 0.274 e. The van der Waals surface area contributed by atoms with Crippen molar-refractivity contribution in [1.82, 2.24) is 19.7 Å². The highest BCUT2D eigenvalue weighted by Gasteiger charge is 2.10. The van der Waals surface area contributed by atoms with Crippen LogP contribution in [0.25, 0.3) is 17.2 Å². The minimum absolute atomic E-state index is 0.00748. The first kappa shape index (κ1) is 12.7. The van der Waals surface area contributed by atoms with Gasteiger partial charge < -0.3 is 0 Å². The van der Waals surface area contributed by atoms with E-state index in [4.69, 9.17) is 0 Å². The van der Waals surface area contributed by atoms with Gasteiger partial charge in [-0.2, -0.15) is 4.68 Å². The van der Waals surface area contributed by atoms with Crippen molar-refractivity contribution in [2.24, 2.45) is 0 Å². The number of hydrogen-bond acceptors (Lipinski definition) is 5. The van der Waals surface area contributed by atoms with E-state index in [1.165, 1.54) is 35.3 Å². The third kappa shape index (κ3) is 2.41. The standard InChI is InChI=1S/C13H9N5O3/c19-12-8-11(9-2-4-10(5-3-9)18(20)21)16-17(12)13-14-6-1-7-15-13/h1-8,16H. The Hall–Kier alpha value is -3.29. The predicted octanol–water partition coefficient (Wildman–Crippen LogP) is 1.53. The van der Waals surface area contributed by atoms with Crippen molar-refractivity contribution in [3.05, 3.63) is 69.3 Å². The first-order chi connectivity index (χ1) is 10.1. The lowest BCUT2D eigenvalue weighted by atomic mass is 10.1. The van der Waals surface area contributed by atoms with Gasteiger partial charge in [0.05, 0.1) is 10.6 Å². The summed E-state index contributed by atoms with van der Waals surface area (Å²) in [5.41, 5.74) is 0.871. The Kier molecular flexibility index (Phi) is 3.03. The fourth-order valence-corrected chi connectivity index (χ4v) is 1.86. The number of nitro groups is 1. The molecule has 0 saturated heterocycles. The van der Waals surface area contributed by atoms with Gasteiger partial charge in [-0.15, -0.1) is 0 Å². The van der Waals surface area contributed by atoms with Crippen LogP contribution < -0.4 is 5.56 Å². The quantitative estimate of drug-likeness (QED) is 0.579. The lowest BCUT2D eigenvalue weighted by molar-refractivity contribution is -0.384. The molecular formula is C13H9N5O3. The second-order valence-corrected chi connectivity index (χ2v) is 4.20. The molecule has 0 aliphatic heterocycles. The largest absolute Gasteiger partial charge is 0.288 e. The molecule has 104 valence electrons. The molecule has 3 rings (SSSR count). The van der Waals surface area contributed by atoms with Crippen LogP contribution in [0.1, 0.15) is 0 Å². The molecule has 0 aliphatic carbocycles. The summed E-state index contributed by atoms with van der Waals surface area (Å²) in [6.45, 7) is 0. The van der Waals surface area contributed by atoms with Crippen molar-refractivity contribution in [3.63, 3.8) is 0 Å². The summed E-state index contributed by atoms with van der Waals surface area (Å²) in [6, 6.07) is 8.93. The molecule has 1 N–H and O–H groups in total. The molecule has 0 amide bonds. The summed E-state index contributed by atoms with van der Waals surface area (Å²) in [4.78, 5) is 30.0. The summed E-state index contributed by atoms with van der Waals surface area (Å²) in [6.07, 6.45) is 3.06. The molecule has 8 heteroatoms. The molecule has 0 radical (unpaired) electrons. The topological polar surface area (TPSA) is 107 Å². The van der Waals surface area contributed by atoms with Crippen LogP contribution in [0.4, 0.5) is 5.69 Å². The van der Waals surface area contributed by atoms with Crippen LogP contribution in [0.5, 0.6) is 0 Å². The van der Waals surface area contributed by atoms with Crippen LogP contribution in [0.3, 0.4) is 0 Å². The van der Waals surface area contributed by atoms with Gasteiger partial charge in [0.2, 0.25) is 0 Å². The number of benzene rings is 1. The van der Waals surface area contributed by atoms with Gasteiger partial charge in [-0.3, -0.25) is 20.0 Å². The molecule has 1 aromatic carbocycles. The van der Waals surface area contributed by atoms with E-state index in [-0.39, 0.29) is 17.2 Å². The second kappa shape index (κ2) is 5.00. The van der Waals surface area contributed by atoms with Crippen LogP contribution in [0.2, 0.25) is 0 Å². The van der Waals surface area contributed by atoms with E-state index in [0.29, 0.717) is 11.3 Å². The lowest BCUT2D eigenvalue weighted by Crippen LogP contribution is -2.15. The van der Waals surface area contributed by atoms with Gasteiger partial charge in [-0.25, -0.2) is 9.97 Å². The van der Waals surface area contributed by atoms with Crippen molar-refractivity contribution in [3.8, 4) is 17.2 Å². The summed E-state index contributed by atoms with van der Waals surface area (Å²) in [5, 5.41) is 13.5. The summed E-state index contributed by atoms with van der Waals surface area (Å²) < 4.78 is 1.21. The van der Waals surface area contributed by atoms with Crippen LogP contribution in [-0.4, -0.2) is 24.7 Å². The van der Waals surface area contributed by atoms with E-state index in [2.05, 4.69) is 15.1 Å². The molecular weight excluding hydrogens is 274 g/mol. The number of non-ortho nitro benzene ring substituents is 1. The van der Waals surface area contributed by atoms with Crippen LogP contribution in [-0.2, 0) is 0 Å². The van der Waals surface area contributed by atoms with Gasteiger partial charge in [0.15, 0.2) is 0 Å². The molecule has 0 fully saturated rings. The Labute approximate surface area is 117 Å². The molecule has 21 heavy (non-hydrogen) atoms. The van der Waals surface area contributed by atoms with Gasteiger partial charge in [0, 0.05) is 36.2 Å². The van der Waals surface area contributed by atoms with Gasteiger partial charge >= 0.3 is 0 Å². The SMILES string of the molecule is O=c1cc(-c2ccc([N+](=O)[O-])cc2)[nH]n1-c1ncccn1. The van der Waals surface area contributed by atoms with Gasteiger partial charge in [-0.1, -0.05) is 0 Å². The lowest BCUT2D eigenvalue weighted by Gasteiger charge is -1.99. The molecule has 8 nitrogen and oxygen atoms in total. The number of nitrogens with zero attached hydrogens (tertiary/aromatic N) is 4. The molecule has 0 bridgehead atoms. The maximum Gasteiger partial charge on any atom is 0.274 e. The number of rotatable bonds is 3. The Morgan fingerprint density at radius 1 is 1.14 bits per heavy atom. The average Bonchev–Trinajstić information content (AvgIpc) is 2.90. The molecule has 0 aliphatic rings. The molecule has 2 aromatic heterocycles. The highest BCUT2D eigenvalue weighted by molar-refractivity contribution is 5.60. The number of nitro benzene ring substituents is 1. The maximum absolute atomic E-state index is 11.9. The zero-order valence-corrected chi connectivity index (χ0v) is 10.6. The molecule has 2 heterocycles. The highest BCUT2D eigenvalue weighted by atomic mass is 16.6. The number of H-pyrrole nitrogens is 1. The summed E-state index contributed by atoms with van der Waals surface area (Å²) >= 11 is 0. The number of aromatic amines is 1. The van der Waals surface area contributed by atoms with E-state index in [0.717, 1.165) is 0 Å². The fraction of sp³-hybridized carbons (Fsp3) is 0. The Morgan fingerprint density at radius 2 is 1.81 bits per heavy atom. The van der Waals surface area contributed by atoms with Crippen molar-refractivity contribution >= 4 is 5.69 Å². The molecule has 0 atom stereocenters. The normalized spacial score (nSPS) is 10.5. The number of aromatic nitrogens is 4. The third-order valence-corrected chi connectivity index (χ3v) is 2.86. The average molecular weight is 283 g/mol. The van der Waals surface area contributed by atoms with Crippen molar-refractivity contribution < 1.29 is 4.92 Å². The number of nitrogens with one attached hydrogen (secondary N) is 1. The molecule has 0 unspecified atom stereocenters. The molecule has 0 spiro atoms. The first-order valence-corrected chi connectivity index (χ1v) is 5.99. The minimum Gasteiger partial charge on any atom is -0.288 e.